The van der Waals surface area contributed by atoms with Gasteiger partial charge in [-0.05, 0) is 19.1 Å². The van der Waals surface area contributed by atoms with Crippen molar-refractivity contribution in [2.75, 3.05) is 19.0 Å². The Labute approximate surface area is 126 Å². The van der Waals surface area contributed by atoms with Crippen molar-refractivity contribution in [2.45, 2.75) is 6.92 Å². The van der Waals surface area contributed by atoms with Gasteiger partial charge in [0.15, 0.2) is 0 Å². The van der Waals surface area contributed by atoms with Crippen LogP contribution in [0.25, 0.3) is 11.1 Å². The minimum Gasteiger partial charge on any atom is -0.377 e. The molecule has 7 heteroatoms. The highest BCUT2D eigenvalue weighted by atomic mass is 16.6. The summed E-state index contributed by atoms with van der Waals surface area (Å²) < 4.78 is 0. The summed E-state index contributed by atoms with van der Waals surface area (Å²) in [6, 6.07) is 7.89. The summed E-state index contributed by atoms with van der Waals surface area (Å²) in [4.78, 5) is 26.8. The number of aryl methyl sites for hydroxylation is 1. The highest BCUT2D eigenvalue weighted by Gasteiger charge is 2.18. The van der Waals surface area contributed by atoms with Gasteiger partial charge in [0.25, 0.3) is 11.2 Å². The van der Waals surface area contributed by atoms with Gasteiger partial charge in [0, 0.05) is 48.7 Å². The molecule has 0 amide bonds. The molecule has 7 nitrogen and oxygen atoms in total. The summed E-state index contributed by atoms with van der Waals surface area (Å²) in [5.74, 6) is 0. The number of H-pyrrole nitrogens is 1. The number of anilines is 1. The maximum absolute atomic E-state index is 11.9. The molecule has 2 aromatic rings. The third-order valence-electron chi connectivity index (χ3n) is 3.24. The quantitative estimate of drug-likeness (QED) is 0.691. The number of aromatic nitrogens is 1. The number of pyridine rings is 1. The first-order valence-corrected chi connectivity index (χ1v) is 6.45. The van der Waals surface area contributed by atoms with Crippen LogP contribution in [0.15, 0.2) is 29.1 Å². The molecule has 0 aliphatic rings. The average molecular weight is 298 g/mol. The Hall–Kier alpha value is -3.14. The van der Waals surface area contributed by atoms with E-state index in [1.165, 1.54) is 12.1 Å². The van der Waals surface area contributed by atoms with Crippen LogP contribution in [0.4, 0.5) is 11.4 Å². The van der Waals surface area contributed by atoms with Crippen molar-refractivity contribution < 1.29 is 4.92 Å². The average Bonchev–Trinajstić information content (AvgIpc) is 2.45. The predicted octanol–water partition coefficient (Wildman–Crippen LogP) is 2.20. The molecule has 0 saturated heterocycles. The third-order valence-corrected chi connectivity index (χ3v) is 3.24. The molecule has 0 atom stereocenters. The second kappa shape index (κ2) is 5.69. The first-order chi connectivity index (χ1) is 10.3. The van der Waals surface area contributed by atoms with Crippen LogP contribution in [-0.4, -0.2) is 24.0 Å². The van der Waals surface area contributed by atoms with Crippen molar-refractivity contribution >= 4 is 11.4 Å². The molecule has 1 aromatic carbocycles. The molecule has 0 aliphatic heterocycles. The molecular weight excluding hydrogens is 284 g/mol. The van der Waals surface area contributed by atoms with Crippen molar-refractivity contribution in [1.29, 1.82) is 5.26 Å². The van der Waals surface area contributed by atoms with Gasteiger partial charge in [-0.1, -0.05) is 0 Å². The molecule has 0 aliphatic carbocycles. The number of hydrogen-bond acceptors (Lipinski definition) is 5. The van der Waals surface area contributed by atoms with Crippen LogP contribution in [0.5, 0.6) is 0 Å². The number of nitro groups is 1. The number of nitrogens with zero attached hydrogens (tertiary/aromatic N) is 3. The van der Waals surface area contributed by atoms with Crippen molar-refractivity contribution in [3.63, 3.8) is 0 Å². The molecule has 1 heterocycles. The molecule has 22 heavy (non-hydrogen) atoms. The van der Waals surface area contributed by atoms with Gasteiger partial charge in [-0.25, -0.2) is 0 Å². The van der Waals surface area contributed by atoms with Gasteiger partial charge in [-0.15, -0.1) is 0 Å². The van der Waals surface area contributed by atoms with E-state index in [4.69, 9.17) is 0 Å². The van der Waals surface area contributed by atoms with E-state index >= 15 is 0 Å². The smallest absolute Gasteiger partial charge is 0.270 e. The standard InChI is InChI=1S/C15H14N4O3/c1-9-6-11(13(8-16)15(20)17-9)12-7-10(19(21)22)4-5-14(12)18(2)3/h4-7H,1-3H3,(H,17,20). The Kier molecular flexibility index (Phi) is 3.95. The molecule has 0 unspecified atom stereocenters. The summed E-state index contributed by atoms with van der Waals surface area (Å²) in [5.41, 5.74) is 1.47. The lowest BCUT2D eigenvalue weighted by atomic mass is 9.98. The Morgan fingerprint density at radius 1 is 1.27 bits per heavy atom. The number of nitriles is 1. The molecule has 112 valence electrons. The van der Waals surface area contributed by atoms with Gasteiger partial charge in [-0.2, -0.15) is 5.26 Å². The normalized spacial score (nSPS) is 10.1. The zero-order chi connectivity index (χ0) is 16.4. The van der Waals surface area contributed by atoms with Gasteiger partial charge >= 0.3 is 0 Å². The molecule has 0 spiro atoms. The van der Waals surface area contributed by atoms with E-state index in [0.717, 1.165) is 0 Å². The van der Waals surface area contributed by atoms with Crippen LogP contribution in [0.2, 0.25) is 0 Å². The SMILES string of the molecule is Cc1cc(-c2cc([N+](=O)[O-])ccc2N(C)C)c(C#N)c(=O)[nH]1. The molecule has 0 fully saturated rings. The van der Waals surface area contributed by atoms with E-state index in [1.807, 2.05) is 6.07 Å². The summed E-state index contributed by atoms with van der Waals surface area (Å²) in [6.07, 6.45) is 0. The van der Waals surface area contributed by atoms with Crippen LogP contribution in [0.3, 0.4) is 0 Å². The van der Waals surface area contributed by atoms with Crippen molar-refractivity contribution in [3.05, 3.63) is 56.0 Å². The number of hydrogen-bond donors (Lipinski definition) is 1. The zero-order valence-corrected chi connectivity index (χ0v) is 12.4. The lowest BCUT2D eigenvalue weighted by Gasteiger charge is -2.18. The molecule has 0 bridgehead atoms. The van der Waals surface area contributed by atoms with Crippen LogP contribution < -0.4 is 10.5 Å². The lowest BCUT2D eigenvalue weighted by molar-refractivity contribution is -0.384. The Morgan fingerprint density at radius 2 is 1.95 bits per heavy atom. The molecular formula is C15H14N4O3. The van der Waals surface area contributed by atoms with Gasteiger partial charge in [0.05, 0.1) is 4.92 Å². The van der Waals surface area contributed by atoms with Crippen LogP contribution >= 0.6 is 0 Å². The van der Waals surface area contributed by atoms with Gasteiger partial charge < -0.3 is 9.88 Å². The Bertz CT molecular complexity index is 847. The zero-order valence-electron chi connectivity index (χ0n) is 12.4. The van der Waals surface area contributed by atoms with Crippen molar-refractivity contribution in [3.8, 4) is 17.2 Å². The van der Waals surface area contributed by atoms with Crippen molar-refractivity contribution in [1.82, 2.24) is 4.98 Å². The van der Waals surface area contributed by atoms with Crippen LogP contribution in [-0.2, 0) is 0 Å². The third kappa shape index (κ3) is 2.67. The first kappa shape index (κ1) is 15.3. The van der Waals surface area contributed by atoms with E-state index in [-0.39, 0.29) is 11.3 Å². The maximum Gasteiger partial charge on any atom is 0.270 e. The van der Waals surface area contributed by atoms with E-state index in [9.17, 15) is 20.2 Å². The van der Waals surface area contributed by atoms with Crippen LogP contribution in [0.1, 0.15) is 11.3 Å². The first-order valence-electron chi connectivity index (χ1n) is 6.45. The van der Waals surface area contributed by atoms with Gasteiger partial charge in [0.2, 0.25) is 0 Å². The molecule has 1 N–H and O–H groups in total. The lowest BCUT2D eigenvalue weighted by Crippen LogP contribution is -2.15. The number of benzene rings is 1. The minimum atomic E-state index is -0.506. The topological polar surface area (TPSA) is 103 Å². The molecule has 0 radical (unpaired) electrons. The number of rotatable bonds is 3. The fraction of sp³-hybridized carbons (Fsp3) is 0.200. The number of aromatic amines is 1. The molecule has 0 saturated carbocycles. The largest absolute Gasteiger partial charge is 0.377 e. The summed E-state index contributed by atoms with van der Waals surface area (Å²) in [6.45, 7) is 1.69. The van der Waals surface area contributed by atoms with Gasteiger partial charge in [0.1, 0.15) is 11.6 Å². The Balaban J connectivity index is 2.87. The number of non-ortho nitro benzene ring substituents is 1. The van der Waals surface area contributed by atoms with E-state index in [1.54, 1.807) is 38.1 Å². The highest BCUT2D eigenvalue weighted by molar-refractivity contribution is 5.83. The summed E-state index contributed by atoms with van der Waals surface area (Å²) in [7, 11) is 3.58. The molecule has 1 aromatic heterocycles. The summed E-state index contributed by atoms with van der Waals surface area (Å²) in [5, 5.41) is 20.3. The molecule has 2 rings (SSSR count). The highest BCUT2D eigenvalue weighted by Crippen LogP contribution is 2.34. The number of nitro benzene ring substituents is 1. The van der Waals surface area contributed by atoms with Gasteiger partial charge in [-0.3, -0.25) is 14.9 Å². The maximum atomic E-state index is 11.9. The van der Waals surface area contributed by atoms with E-state index in [0.29, 0.717) is 22.5 Å². The monoisotopic (exact) mass is 298 g/mol. The second-order valence-electron chi connectivity index (χ2n) is 5.03. The fourth-order valence-electron chi connectivity index (χ4n) is 2.26. The fourth-order valence-corrected chi connectivity index (χ4v) is 2.26. The summed E-state index contributed by atoms with van der Waals surface area (Å²) >= 11 is 0. The predicted molar refractivity (Wildman–Crippen MR) is 82.9 cm³/mol. The second-order valence-corrected chi connectivity index (χ2v) is 5.03. The van der Waals surface area contributed by atoms with Crippen LogP contribution in [0, 0.1) is 28.4 Å². The van der Waals surface area contributed by atoms with Crippen molar-refractivity contribution in [2.24, 2.45) is 0 Å². The minimum absolute atomic E-state index is 0.0609. The Morgan fingerprint density at radius 3 is 2.50 bits per heavy atom. The number of nitrogens with one attached hydrogen (secondary N) is 1. The van der Waals surface area contributed by atoms with E-state index < -0.39 is 10.5 Å². The van der Waals surface area contributed by atoms with E-state index in [2.05, 4.69) is 4.98 Å².